The van der Waals surface area contributed by atoms with Gasteiger partial charge in [0.15, 0.2) is 0 Å². The van der Waals surface area contributed by atoms with Crippen LogP contribution in [0.25, 0.3) is 0 Å². The molecule has 1 aliphatic rings. The SMILES string of the molecule is Cc1nc(C)c(CCNC(=O)C(c2cccc(F)c2)N2CCOCC2)s1. The first-order valence-corrected chi connectivity index (χ1v) is 9.64. The second kappa shape index (κ2) is 8.70. The number of morpholine rings is 1. The summed E-state index contributed by atoms with van der Waals surface area (Å²) in [5, 5.41) is 4.05. The van der Waals surface area contributed by atoms with E-state index in [1.807, 2.05) is 13.8 Å². The lowest BCUT2D eigenvalue weighted by atomic mass is 10.0. The van der Waals surface area contributed by atoms with Crippen LogP contribution in [0.5, 0.6) is 0 Å². The van der Waals surface area contributed by atoms with Crippen molar-refractivity contribution in [3.8, 4) is 0 Å². The number of thiazole rings is 1. The third kappa shape index (κ3) is 4.66. The molecular formula is C19H24FN3O2S. The average molecular weight is 377 g/mol. The Hall–Kier alpha value is -1.83. The number of aromatic nitrogens is 1. The van der Waals surface area contributed by atoms with Crippen molar-refractivity contribution in [3.63, 3.8) is 0 Å². The Morgan fingerprint density at radius 3 is 2.81 bits per heavy atom. The maximum Gasteiger partial charge on any atom is 0.241 e. The Bertz CT molecular complexity index is 759. The van der Waals surface area contributed by atoms with Gasteiger partial charge in [-0.25, -0.2) is 9.37 Å². The standard InChI is InChI=1S/C19H24FN3O2S/c1-13-17(26-14(2)22-13)6-7-21-19(24)18(23-8-10-25-11-9-23)15-4-3-5-16(20)12-15/h3-5,12,18H,6-11H2,1-2H3,(H,21,24). The molecule has 140 valence electrons. The van der Waals surface area contributed by atoms with Crippen molar-refractivity contribution in [2.75, 3.05) is 32.8 Å². The van der Waals surface area contributed by atoms with Crippen LogP contribution < -0.4 is 5.32 Å². The number of rotatable bonds is 6. The number of carbonyl (C=O) groups is 1. The van der Waals surface area contributed by atoms with E-state index in [4.69, 9.17) is 4.74 Å². The fraction of sp³-hybridized carbons (Fsp3) is 0.474. The van der Waals surface area contributed by atoms with Crippen molar-refractivity contribution >= 4 is 17.2 Å². The normalized spacial score (nSPS) is 16.4. The summed E-state index contributed by atoms with van der Waals surface area (Å²) in [5.74, 6) is -0.430. The van der Waals surface area contributed by atoms with Crippen molar-refractivity contribution in [3.05, 3.63) is 51.2 Å². The predicted molar refractivity (Wildman–Crippen MR) is 99.8 cm³/mol. The minimum absolute atomic E-state index is 0.101. The molecule has 1 aromatic carbocycles. The lowest BCUT2D eigenvalue weighted by Gasteiger charge is -2.33. The van der Waals surface area contributed by atoms with Crippen molar-refractivity contribution in [2.24, 2.45) is 0 Å². The molecule has 1 aromatic heterocycles. The molecule has 26 heavy (non-hydrogen) atoms. The first kappa shape index (κ1) is 18.9. The molecular weight excluding hydrogens is 353 g/mol. The van der Waals surface area contributed by atoms with Crippen molar-refractivity contribution < 1.29 is 13.9 Å². The van der Waals surface area contributed by atoms with Crippen LogP contribution in [0.15, 0.2) is 24.3 Å². The molecule has 1 saturated heterocycles. The Labute approximate surface area is 157 Å². The van der Waals surface area contributed by atoms with Gasteiger partial charge in [-0.2, -0.15) is 0 Å². The van der Waals surface area contributed by atoms with E-state index in [1.165, 1.54) is 17.0 Å². The summed E-state index contributed by atoms with van der Waals surface area (Å²) in [4.78, 5) is 20.6. The van der Waals surface area contributed by atoms with Gasteiger partial charge in [0, 0.05) is 30.9 Å². The average Bonchev–Trinajstić information content (AvgIpc) is 2.94. The highest BCUT2D eigenvalue weighted by Crippen LogP contribution is 2.23. The van der Waals surface area contributed by atoms with Crippen LogP contribution >= 0.6 is 11.3 Å². The van der Waals surface area contributed by atoms with Gasteiger partial charge in [0.05, 0.1) is 23.9 Å². The molecule has 2 aromatic rings. The third-order valence-corrected chi connectivity index (χ3v) is 5.61. The van der Waals surface area contributed by atoms with Gasteiger partial charge in [-0.1, -0.05) is 12.1 Å². The van der Waals surface area contributed by atoms with E-state index in [1.54, 1.807) is 23.5 Å². The molecule has 0 bridgehead atoms. The zero-order valence-electron chi connectivity index (χ0n) is 15.1. The molecule has 7 heteroatoms. The summed E-state index contributed by atoms with van der Waals surface area (Å²) in [5.41, 5.74) is 1.70. The van der Waals surface area contributed by atoms with Crippen molar-refractivity contribution in [1.29, 1.82) is 0 Å². The number of halogens is 1. The van der Waals surface area contributed by atoms with Crippen LogP contribution in [0, 0.1) is 19.7 Å². The van der Waals surface area contributed by atoms with Crippen LogP contribution in [-0.4, -0.2) is 48.6 Å². The number of amides is 1. The smallest absolute Gasteiger partial charge is 0.241 e. The molecule has 1 amide bonds. The topological polar surface area (TPSA) is 54.5 Å². The Kier molecular flexibility index (Phi) is 6.34. The summed E-state index contributed by atoms with van der Waals surface area (Å²) >= 11 is 1.66. The van der Waals surface area contributed by atoms with Crippen LogP contribution in [0.4, 0.5) is 4.39 Å². The third-order valence-electron chi connectivity index (χ3n) is 4.47. The lowest BCUT2D eigenvalue weighted by Crippen LogP contribution is -2.46. The van der Waals surface area contributed by atoms with Gasteiger partial charge >= 0.3 is 0 Å². The van der Waals surface area contributed by atoms with E-state index < -0.39 is 6.04 Å². The summed E-state index contributed by atoms with van der Waals surface area (Å²) in [7, 11) is 0. The van der Waals surface area contributed by atoms with Gasteiger partial charge < -0.3 is 10.1 Å². The summed E-state index contributed by atoms with van der Waals surface area (Å²) in [6, 6.07) is 5.79. The van der Waals surface area contributed by atoms with Gasteiger partial charge in [0.25, 0.3) is 0 Å². The number of hydrogen-bond acceptors (Lipinski definition) is 5. The largest absolute Gasteiger partial charge is 0.379 e. The predicted octanol–water partition coefficient (Wildman–Crippen LogP) is 2.63. The van der Waals surface area contributed by atoms with Crippen LogP contribution in [0.3, 0.4) is 0 Å². The number of hydrogen-bond donors (Lipinski definition) is 1. The number of carbonyl (C=O) groups excluding carboxylic acids is 1. The monoisotopic (exact) mass is 377 g/mol. The van der Waals surface area contributed by atoms with Gasteiger partial charge in [0.2, 0.25) is 5.91 Å². The highest BCUT2D eigenvalue weighted by molar-refractivity contribution is 7.11. The first-order chi connectivity index (χ1) is 12.5. The molecule has 1 atom stereocenters. The fourth-order valence-corrected chi connectivity index (χ4v) is 4.18. The van der Waals surface area contributed by atoms with Gasteiger partial charge in [0.1, 0.15) is 11.9 Å². The highest BCUT2D eigenvalue weighted by Gasteiger charge is 2.29. The zero-order chi connectivity index (χ0) is 18.5. The molecule has 5 nitrogen and oxygen atoms in total. The summed E-state index contributed by atoms with van der Waals surface area (Å²) < 4.78 is 19.1. The first-order valence-electron chi connectivity index (χ1n) is 8.82. The number of nitrogens with one attached hydrogen (secondary N) is 1. The molecule has 0 saturated carbocycles. The number of ether oxygens (including phenoxy) is 1. The number of aryl methyl sites for hydroxylation is 2. The Morgan fingerprint density at radius 2 is 2.15 bits per heavy atom. The van der Waals surface area contributed by atoms with E-state index in [-0.39, 0.29) is 11.7 Å². The molecule has 1 fully saturated rings. The van der Waals surface area contributed by atoms with Gasteiger partial charge in [-0.3, -0.25) is 9.69 Å². The van der Waals surface area contributed by atoms with Gasteiger partial charge in [-0.05, 0) is 31.5 Å². The Morgan fingerprint density at radius 1 is 1.38 bits per heavy atom. The number of nitrogens with zero attached hydrogens (tertiary/aromatic N) is 2. The Balaban J connectivity index is 1.69. The molecule has 0 spiro atoms. The minimum Gasteiger partial charge on any atom is -0.379 e. The van der Waals surface area contributed by atoms with E-state index in [0.29, 0.717) is 38.4 Å². The number of benzene rings is 1. The summed E-state index contributed by atoms with van der Waals surface area (Å²) in [6.07, 6.45) is 0.752. The van der Waals surface area contributed by atoms with Crippen LogP contribution in [-0.2, 0) is 16.0 Å². The minimum atomic E-state index is -0.501. The maximum absolute atomic E-state index is 13.7. The van der Waals surface area contributed by atoms with E-state index in [0.717, 1.165) is 17.1 Å². The molecule has 1 unspecified atom stereocenters. The second-order valence-corrected chi connectivity index (χ2v) is 7.68. The molecule has 0 aliphatic carbocycles. The summed E-state index contributed by atoms with van der Waals surface area (Å²) in [6.45, 7) is 6.99. The second-order valence-electron chi connectivity index (χ2n) is 6.39. The molecule has 0 radical (unpaired) electrons. The van der Waals surface area contributed by atoms with E-state index >= 15 is 0 Å². The fourth-order valence-electron chi connectivity index (χ4n) is 3.24. The van der Waals surface area contributed by atoms with Crippen molar-refractivity contribution in [2.45, 2.75) is 26.3 Å². The lowest BCUT2D eigenvalue weighted by molar-refractivity contribution is -0.128. The highest BCUT2D eigenvalue weighted by atomic mass is 32.1. The zero-order valence-corrected chi connectivity index (χ0v) is 15.9. The van der Waals surface area contributed by atoms with E-state index in [9.17, 15) is 9.18 Å². The van der Waals surface area contributed by atoms with Crippen LogP contribution in [0.2, 0.25) is 0 Å². The van der Waals surface area contributed by atoms with E-state index in [2.05, 4.69) is 15.2 Å². The van der Waals surface area contributed by atoms with Crippen LogP contribution in [0.1, 0.15) is 27.2 Å². The quantitative estimate of drug-likeness (QED) is 0.841. The maximum atomic E-state index is 13.7. The molecule has 1 aliphatic heterocycles. The molecule has 2 heterocycles. The molecule has 1 N–H and O–H groups in total. The van der Waals surface area contributed by atoms with Gasteiger partial charge in [-0.15, -0.1) is 11.3 Å². The molecule has 3 rings (SSSR count). The van der Waals surface area contributed by atoms with Crippen molar-refractivity contribution in [1.82, 2.24) is 15.2 Å².